The van der Waals surface area contributed by atoms with Gasteiger partial charge in [-0.2, -0.15) is 5.26 Å². The number of hydrogen-bond donors (Lipinski definition) is 0. The summed E-state index contributed by atoms with van der Waals surface area (Å²) in [6.45, 7) is 1.92. The van der Waals surface area contributed by atoms with Gasteiger partial charge in [-0.25, -0.2) is 8.42 Å². The Morgan fingerprint density at radius 1 is 1.09 bits per heavy atom. The molecule has 0 spiro atoms. The molecule has 0 heterocycles. The van der Waals surface area contributed by atoms with Crippen LogP contribution in [0.1, 0.15) is 17.0 Å². The molecule has 0 amide bonds. The Balaban J connectivity index is 2.09. The first-order valence-corrected chi connectivity index (χ1v) is 8.75. The zero-order valence-corrected chi connectivity index (χ0v) is 13.3. The largest absolute Gasteiger partial charge is 0.302 e. The lowest BCUT2D eigenvalue weighted by molar-refractivity contribution is -0.110. The number of carbonyl (C=O) groups is 1. The lowest BCUT2D eigenvalue weighted by atomic mass is 10.0. The predicted molar refractivity (Wildman–Crippen MR) is 85.4 cm³/mol. The van der Waals surface area contributed by atoms with Gasteiger partial charge in [0.2, 0.25) is 0 Å². The Bertz CT molecular complexity index is 882. The molecule has 0 aromatic heterocycles. The van der Waals surface area contributed by atoms with Gasteiger partial charge in [0, 0.05) is 5.92 Å². The van der Waals surface area contributed by atoms with Crippen LogP contribution in [0.25, 0.3) is 0 Å². The van der Waals surface area contributed by atoms with Gasteiger partial charge < -0.3 is 4.79 Å². The maximum Gasteiger partial charge on any atom is 0.183 e. The minimum Gasteiger partial charge on any atom is -0.302 e. The normalized spacial score (nSPS) is 26.3. The van der Waals surface area contributed by atoms with Crippen molar-refractivity contribution in [1.82, 2.24) is 0 Å². The number of benzene rings is 2. The molecule has 4 nitrogen and oxygen atoms in total. The van der Waals surface area contributed by atoms with Crippen LogP contribution in [0.2, 0.25) is 0 Å². The third kappa shape index (κ3) is 2.27. The molecule has 1 aliphatic rings. The summed E-state index contributed by atoms with van der Waals surface area (Å²) in [6, 6.07) is 17.2. The molecule has 23 heavy (non-hydrogen) atoms. The lowest BCUT2D eigenvalue weighted by Crippen LogP contribution is -2.16. The van der Waals surface area contributed by atoms with Gasteiger partial charge in [0.25, 0.3) is 0 Å². The number of nitriles is 1. The Kier molecular flexibility index (Phi) is 3.57. The zero-order chi connectivity index (χ0) is 16.7. The molecular weight excluding hydrogens is 310 g/mol. The minimum atomic E-state index is -3.76. The van der Waals surface area contributed by atoms with Crippen molar-refractivity contribution >= 4 is 16.1 Å². The van der Waals surface area contributed by atoms with E-state index in [-0.39, 0.29) is 4.90 Å². The Morgan fingerprint density at radius 2 is 1.70 bits per heavy atom. The Hall–Kier alpha value is -2.45. The molecule has 2 aromatic rings. The van der Waals surface area contributed by atoms with Crippen molar-refractivity contribution in [1.29, 1.82) is 5.26 Å². The highest BCUT2D eigenvalue weighted by Gasteiger charge is 2.72. The van der Waals surface area contributed by atoms with E-state index in [4.69, 9.17) is 0 Å². The average Bonchev–Trinajstić information content (AvgIpc) is 3.27. The van der Waals surface area contributed by atoms with Crippen molar-refractivity contribution in [2.75, 3.05) is 0 Å². The number of aryl methyl sites for hydroxylation is 1. The summed E-state index contributed by atoms with van der Waals surface area (Å²) in [5, 5.41) is 8.44. The molecule has 5 heteroatoms. The first-order chi connectivity index (χ1) is 11.0. The van der Waals surface area contributed by atoms with E-state index in [1.54, 1.807) is 30.3 Å². The molecule has 1 aliphatic carbocycles. The topological polar surface area (TPSA) is 75.0 Å². The number of rotatable bonds is 4. The molecule has 3 rings (SSSR count). The van der Waals surface area contributed by atoms with E-state index < -0.39 is 26.4 Å². The van der Waals surface area contributed by atoms with Gasteiger partial charge in [-0.15, -0.1) is 0 Å². The van der Waals surface area contributed by atoms with E-state index in [0.717, 1.165) is 5.56 Å². The van der Waals surface area contributed by atoms with Crippen LogP contribution < -0.4 is 0 Å². The molecule has 0 N–H and O–H groups in total. The maximum atomic E-state index is 12.9. The van der Waals surface area contributed by atoms with Gasteiger partial charge in [0.15, 0.2) is 9.84 Å². The predicted octanol–water partition coefficient (Wildman–Crippen LogP) is 2.64. The van der Waals surface area contributed by atoms with Crippen LogP contribution >= 0.6 is 0 Å². The first kappa shape index (κ1) is 15.4. The van der Waals surface area contributed by atoms with Gasteiger partial charge in [0.1, 0.15) is 17.0 Å². The van der Waals surface area contributed by atoms with Crippen LogP contribution in [-0.2, 0) is 14.6 Å². The van der Waals surface area contributed by atoms with Crippen molar-refractivity contribution in [3.8, 4) is 6.07 Å². The van der Waals surface area contributed by atoms with Gasteiger partial charge in [-0.3, -0.25) is 0 Å². The van der Waals surface area contributed by atoms with E-state index in [0.29, 0.717) is 11.8 Å². The fourth-order valence-corrected chi connectivity index (χ4v) is 5.35. The molecule has 0 radical (unpaired) electrons. The van der Waals surface area contributed by atoms with Crippen LogP contribution in [-0.4, -0.2) is 20.0 Å². The molecule has 1 saturated carbocycles. The van der Waals surface area contributed by atoms with Gasteiger partial charge >= 0.3 is 0 Å². The van der Waals surface area contributed by atoms with Crippen molar-refractivity contribution < 1.29 is 13.2 Å². The molecule has 3 atom stereocenters. The average molecular weight is 325 g/mol. The summed E-state index contributed by atoms with van der Waals surface area (Å²) in [6.07, 6.45) is 0.489. The smallest absolute Gasteiger partial charge is 0.183 e. The molecule has 2 aromatic carbocycles. The summed E-state index contributed by atoms with van der Waals surface area (Å²) in [7, 11) is -3.76. The second-order valence-electron chi connectivity index (χ2n) is 5.83. The quantitative estimate of drug-likeness (QED) is 0.810. The Labute approximate surface area is 135 Å². The van der Waals surface area contributed by atoms with Gasteiger partial charge in [0.05, 0.1) is 11.0 Å². The van der Waals surface area contributed by atoms with Crippen molar-refractivity contribution in [3.63, 3.8) is 0 Å². The highest BCUT2D eigenvalue weighted by Crippen LogP contribution is 2.62. The fraction of sp³-hybridized carbons (Fsp3) is 0.222. The number of hydrogen-bond acceptors (Lipinski definition) is 4. The lowest BCUT2D eigenvalue weighted by Gasteiger charge is -2.04. The summed E-state index contributed by atoms with van der Waals surface area (Å²) < 4.78 is 25.7. The molecule has 0 aliphatic heterocycles. The van der Waals surface area contributed by atoms with Crippen molar-refractivity contribution in [3.05, 3.63) is 65.7 Å². The number of nitrogens with zero attached hydrogens (tertiary/aromatic N) is 1. The second kappa shape index (κ2) is 5.32. The fourth-order valence-electron chi connectivity index (χ4n) is 3.09. The third-order valence-electron chi connectivity index (χ3n) is 4.41. The SMILES string of the molecule is Cc1ccc([C@H]2[C@@H](S(=O)(=O)c3ccccc3)[C@@]2(C#N)C=O)cc1. The van der Waals surface area contributed by atoms with E-state index in [9.17, 15) is 18.5 Å². The van der Waals surface area contributed by atoms with Crippen LogP contribution in [0.4, 0.5) is 0 Å². The summed E-state index contributed by atoms with van der Waals surface area (Å²) in [4.78, 5) is 11.7. The highest BCUT2D eigenvalue weighted by molar-refractivity contribution is 7.92. The van der Waals surface area contributed by atoms with E-state index in [2.05, 4.69) is 0 Å². The van der Waals surface area contributed by atoms with Gasteiger partial charge in [-0.1, -0.05) is 48.0 Å². The van der Waals surface area contributed by atoms with Crippen molar-refractivity contribution in [2.45, 2.75) is 23.0 Å². The molecule has 0 unspecified atom stereocenters. The van der Waals surface area contributed by atoms with Crippen molar-refractivity contribution in [2.24, 2.45) is 5.41 Å². The third-order valence-corrected chi connectivity index (χ3v) is 6.67. The summed E-state index contributed by atoms with van der Waals surface area (Å²) in [5.74, 6) is -0.629. The molecule has 1 fully saturated rings. The summed E-state index contributed by atoms with van der Waals surface area (Å²) >= 11 is 0. The van der Waals surface area contributed by atoms with E-state index in [1.807, 2.05) is 25.1 Å². The molecule has 116 valence electrons. The molecular formula is C18H15NO3S. The highest BCUT2D eigenvalue weighted by atomic mass is 32.2. The number of sulfone groups is 1. The van der Waals surface area contributed by atoms with Crippen LogP contribution in [0.15, 0.2) is 59.5 Å². The standard InChI is InChI=1S/C18H15NO3S/c1-13-7-9-14(10-8-13)16-17(18(16,11-19)12-20)23(21,22)15-5-3-2-4-6-15/h2-10,12,16-17H,1H3/t16-,17+,18-/m0/s1. The number of aldehydes is 1. The maximum absolute atomic E-state index is 12.9. The van der Waals surface area contributed by atoms with E-state index in [1.165, 1.54) is 12.1 Å². The monoisotopic (exact) mass is 325 g/mol. The molecule has 0 saturated heterocycles. The first-order valence-electron chi connectivity index (χ1n) is 7.20. The van der Waals surface area contributed by atoms with Crippen LogP contribution in [0.3, 0.4) is 0 Å². The summed E-state index contributed by atoms with van der Waals surface area (Å²) in [5.41, 5.74) is 0.225. The minimum absolute atomic E-state index is 0.140. The van der Waals surface area contributed by atoms with E-state index >= 15 is 0 Å². The van der Waals surface area contributed by atoms with Crippen LogP contribution in [0.5, 0.6) is 0 Å². The van der Waals surface area contributed by atoms with Gasteiger partial charge in [-0.05, 0) is 24.6 Å². The zero-order valence-electron chi connectivity index (χ0n) is 12.5. The van der Waals surface area contributed by atoms with Crippen LogP contribution in [0, 0.1) is 23.7 Å². The Morgan fingerprint density at radius 3 is 2.22 bits per heavy atom. The number of carbonyl (C=O) groups excluding carboxylic acids is 1. The molecule has 0 bridgehead atoms. The second-order valence-corrected chi connectivity index (χ2v) is 7.90.